The largest absolute Gasteiger partial charge is 0.324 e. The van der Waals surface area contributed by atoms with Crippen molar-refractivity contribution in [1.82, 2.24) is 5.32 Å². The number of nitrogens with one attached hydrogen (secondary N) is 1. The molecule has 1 heterocycles. The molecule has 6 heteroatoms. The Morgan fingerprint density at radius 2 is 2.11 bits per heavy atom. The Morgan fingerprint density at radius 3 is 2.72 bits per heavy atom. The van der Waals surface area contributed by atoms with Gasteiger partial charge in [-0.15, -0.1) is 0 Å². The van der Waals surface area contributed by atoms with Gasteiger partial charge in [0, 0.05) is 12.1 Å². The van der Waals surface area contributed by atoms with Gasteiger partial charge in [0.1, 0.15) is 0 Å². The maximum Gasteiger partial charge on any atom is 0.283 e. The van der Waals surface area contributed by atoms with Crippen LogP contribution in [-0.2, 0) is 0 Å². The third-order valence-corrected chi connectivity index (χ3v) is 4.11. The lowest BCUT2D eigenvalue weighted by Gasteiger charge is -2.28. The molecule has 0 aromatic heterocycles. The van der Waals surface area contributed by atoms with E-state index in [1.165, 1.54) is 0 Å². The maximum atomic E-state index is 10.9. The third-order valence-electron chi connectivity index (χ3n) is 3.44. The van der Waals surface area contributed by atoms with E-state index in [0.717, 1.165) is 31.5 Å². The summed E-state index contributed by atoms with van der Waals surface area (Å²) in [5.74, 6) is 0.395. The second kappa shape index (κ2) is 5.77. The first kappa shape index (κ1) is 13.5. The quantitative estimate of drug-likeness (QED) is 0.663. The molecule has 1 saturated heterocycles. The van der Waals surface area contributed by atoms with E-state index in [0.29, 0.717) is 10.4 Å². The van der Waals surface area contributed by atoms with Crippen LogP contribution in [0.15, 0.2) is 22.7 Å². The monoisotopic (exact) mass is 313 g/mol. The van der Waals surface area contributed by atoms with E-state index < -0.39 is 0 Å². The number of nitro groups is 1. The molecule has 1 aromatic carbocycles. The van der Waals surface area contributed by atoms with Crippen LogP contribution in [0.25, 0.3) is 0 Å². The number of rotatable bonds is 3. The SMILES string of the molecule is N[C@@H](c1ccc(Br)c([N+](=O)[O-])c1)C1CCNCC1. The van der Waals surface area contributed by atoms with Crippen LogP contribution in [0.4, 0.5) is 5.69 Å². The van der Waals surface area contributed by atoms with E-state index >= 15 is 0 Å². The Hall–Kier alpha value is -0.980. The predicted molar refractivity (Wildman–Crippen MR) is 73.3 cm³/mol. The summed E-state index contributed by atoms with van der Waals surface area (Å²) in [6.45, 7) is 1.94. The van der Waals surface area contributed by atoms with Crippen molar-refractivity contribution in [2.45, 2.75) is 18.9 Å². The number of nitrogens with zero attached hydrogens (tertiary/aromatic N) is 1. The van der Waals surface area contributed by atoms with Crippen LogP contribution in [0, 0.1) is 16.0 Å². The molecule has 3 N–H and O–H groups in total. The highest BCUT2D eigenvalue weighted by Gasteiger charge is 2.23. The molecule has 0 unspecified atom stereocenters. The van der Waals surface area contributed by atoms with Crippen LogP contribution in [0.1, 0.15) is 24.4 Å². The fraction of sp³-hybridized carbons (Fsp3) is 0.500. The van der Waals surface area contributed by atoms with Gasteiger partial charge < -0.3 is 11.1 Å². The number of halogens is 1. The van der Waals surface area contributed by atoms with Crippen molar-refractivity contribution >= 4 is 21.6 Å². The molecule has 1 fully saturated rings. The van der Waals surface area contributed by atoms with Crippen molar-refractivity contribution in [3.8, 4) is 0 Å². The number of nitro benzene ring substituents is 1. The molecule has 1 aliphatic rings. The Kier molecular flexibility index (Phi) is 4.31. The summed E-state index contributed by atoms with van der Waals surface area (Å²) in [7, 11) is 0. The second-order valence-electron chi connectivity index (χ2n) is 4.58. The van der Waals surface area contributed by atoms with Crippen molar-refractivity contribution < 1.29 is 4.92 Å². The van der Waals surface area contributed by atoms with E-state index in [2.05, 4.69) is 21.2 Å². The van der Waals surface area contributed by atoms with Crippen LogP contribution >= 0.6 is 15.9 Å². The van der Waals surface area contributed by atoms with Crippen LogP contribution in [0.2, 0.25) is 0 Å². The Morgan fingerprint density at radius 1 is 1.44 bits per heavy atom. The first-order chi connectivity index (χ1) is 8.59. The molecule has 0 spiro atoms. The summed E-state index contributed by atoms with van der Waals surface area (Å²) in [5, 5.41) is 14.2. The zero-order valence-electron chi connectivity index (χ0n) is 9.93. The number of nitrogens with two attached hydrogens (primary N) is 1. The van der Waals surface area contributed by atoms with Gasteiger partial charge in [0.25, 0.3) is 5.69 Å². The van der Waals surface area contributed by atoms with Gasteiger partial charge in [0.05, 0.1) is 9.40 Å². The number of hydrogen-bond donors (Lipinski definition) is 2. The zero-order valence-corrected chi connectivity index (χ0v) is 11.5. The van der Waals surface area contributed by atoms with E-state index in [1.807, 2.05) is 6.07 Å². The van der Waals surface area contributed by atoms with Gasteiger partial charge in [0.2, 0.25) is 0 Å². The molecule has 1 aliphatic heterocycles. The highest BCUT2D eigenvalue weighted by molar-refractivity contribution is 9.10. The molecule has 5 nitrogen and oxygen atoms in total. The summed E-state index contributed by atoms with van der Waals surface area (Å²) in [5.41, 5.74) is 7.15. The summed E-state index contributed by atoms with van der Waals surface area (Å²) in [6.07, 6.45) is 2.04. The standard InChI is InChI=1S/C12H16BrN3O2/c13-10-2-1-9(7-11(10)16(17)18)12(14)8-3-5-15-6-4-8/h1-2,7-8,12,15H,3-6,14H2/t12-/m1/s1. The van der Waals surface area contributed by atoms with Crippen molar-refractivity contribution in [3.63, 3.8) is 0 Å². The van der Waals surface area contributed by atoms with E-state index in [-0.39, 0.29) is 16.7 Å². The van der Waals surface area contributed by atoms with Crippen LogP contribution in [-0.4, -0.2) is 18.0 Å². The van der Waals surface area contributed by atoms with Gasteiger partial charge in [-0.1, -0.05) is 6.07 Å². The molecule has 1 aromatic rings. The Bertz CT molecular complexity index is 447. The molecular weight excluding hydrogens is 298 g/mol. The molecular formula is C12H16BrN3O2. The van der Waals surface area contributed by atoms with Crippen molar-refractivity contribution in [3.05, 3.63) is 38.3 Å². The molecule has 98 valence electrons. The van der Waals surface area contributed by atoms with Gasteiger partial charge in [-0.3, -0.25) is 10.1 Å². The fourth-order valence-electron chi connectivity index (χ4n) is 2.35. The van der Waals surface area contributed by atoms with Gasteiger partial charge in [-0.25, -0.2) is 0 Å². The van der Waals surface area contributed by atoms with Crippen LogP contribution in [0.3, 0.4) is 0 Å². The number of hydrogen-bond acceptors (Lipinski definition) is 4. The zero-order chi connectivity index (χ0) is 13.1. The van der Waals surface area contributed by atoms with Gasteiger partial charge in [0.15, 0.2) is 0 Å². The van der Waals surface area contributed by atoms with Gasteiger partial charge in [-0.2, -0.15) is 0 Å². The summed E-state index contributed by atoms with van der Waals surface area (Å²) >= 11 is 3.18. The molecule has 0 saturated carbocycles. The van der Waals surface area contributed by atoms with E-state index in [4.69, 9.17) is 5.73 Å². The Balaban J connectivity index is 2.21. The van der Waals surface area contributed by atoms with Crippen molar-refractivity contribution in [2.24, 2.45) is 11.7 Å². The Labute approximate surface area is 114 Å². The number of piperidine rings is 1. The highest BCUT2D eigenvalue weighted by Crippen LogP contribution is 2.32. The lowest BCUT2D eigenvalue weighted by molar-refractivity contribution is -0.385. The van der Waals surface area contributed by atoms with E-state index in [9.17, 15) is 10.1 Å². The summed E-state index contributed by atoms with van der Waals surface area (Å²) < 4.78 is 0.494. The van der Waals surface area contributed by atoms with Crippen molar-refractivity contribution in [2.75, 3.05) is 13.1 Å². The number of benzene rings is 1. The lowest BCUT2D eigenvalue weighted by Crippen LogP contribution is -2.33. The average molecular weight is 314 g/mol. The molecule has 0 aliphatic carbocycles. The minimum absolute atomic E-state index is 0.0804. The fourth-order valence-corrected chi connectivity index (χ4v) is 2.74. The summed E-state index contributed by atoms with van der Waals surface area (Å²) in [4.78, 5) is 10.5. The second-order valence-corrected chi connectivity index (χ2v) is 5.44. The normalized spacial score (nSPS) is 18.6. The van der Waals surface area contributed by atoms with Crippen molar-refractivity contribution in [1.29, 1.82) is 0 Å². The lowest BCUT2D eigenvalue weighted by atomic mass is 9.86. The van der Waals surface area contributed by atoms with Gasteiger partial charge in [-0.05, 0) is 59.4 Å². The minimum atomic E-state index is -0.386. The molecule has 0 bridgehead atoms. The third kappa shape index (κ3) is 2.88. The molecule has 18 heavy (non-hydrogen) atoms. The molecule has 2 rings (SSSR count). The van der Waals surface area contributed by atoms with E-state index in [1.54, 1.807) is 12.1 Å². The predicted octanol–water partition coefficient (Wildman–Crippen LogP) is 2.36. The molecule has 0 radical (unpaired) electrons. The van der Waals surface area contributed by atoms with Gasteiger partial charge >= 0.3 is 0 Å². The minimum Gasteiger partial charge on any atom is -0.324 e. The molecule has 1 atom stereocenters. The summed E-state index contributed by atoms with van der Waals surface area (Å²) in [6, 6.07) is 5.02. The average Bonchev–Trinajstić information content (AvgIpc) is 2.39. The maximum absolute atomic E-state index is 10.9. The topological polar surface area (TPSA) is 81.2 Å². The first-order valence-electron chi connectivity index (χ1n) is 5.99. The highest BCUT2D eigenvalue weighted by atomic mass is 79.9. The smallest absolute Gasteiger partial charge is 0.283 e. The van der Waals surface area contributed by atoms with Crippen LogP contribution in [0.5, 0.6) is 0 Å². The van der Waals surface area contributed by atoms with Crippen LogP contribution < -0.4 is 11.1 Å². The first-order valence-corrected chi connectivity index (χ1v) is 6.79. The molecule has 0 amide bonds.